The third-order valence-corrected chi connectivity index (χ3v) is 4.11. The number of carbonyl (C=O) groups excluding carboxylic acids is 2. The normalized spacial score (nSPS) is 21.8. The first-order valence-corrected chi connectivity index (χ1v) is 7.53. The number of piperazine rings is 1. The maximum atomic E-state index is 12.0. The van der Waals surface area contributed by atoms with E-state index in [2.05, 4.69) is 10.6 Å². The molecule has 2 rings (SSSR count). The summed E-state index contributed by atoms with van der Waals surface area (Å²) < 4.78 is 0. The van der Waals surface area contributed by atoms with Gasteiger partial charge in [0, 0.05) is 32.1 Å². The Labute approximate surface area is 115 Å². The van der Waals surface area contributed by atoms with Gasteiger partial charge in [-0.05, 0) is 12.8 Å². The zero-order valence-corrected chi connectivity index (χ0v) is 11.6. The van der Waals surface area contributed by atoms with E-state index in [0.29, 0.717) is 0 Å². The maximum Gasteiger partial charge on any atom is 0.242 e. The molecule has 0 radical (unpaired) electrons. The Morgan fingerprint density at radius 2 is 1.68 bits per heavy atom. The van der Waals surface area contributed by atoms with E-state index in [1.54, 1.807) is 0 Å². The van der Waals surface area contributed by atoms with Gasteiger partial charge in [-0.25, -0.2) is 0 Å². The Kier molecular flexibility index (Phi) is 5.63. The lowest BCUT2D eigenvalue weighted by Gasteiger charge is -2.27. The molecule has 0 aromatic carbocycles. The maximum absolute atomic E-state index is 12.0. The second kappa shape index (κ2) is 7.48. The molecule has 1 aliphatic carbocycles. The van der Waals surface area contributed by atoms with Crippen molar-refractivity contribution in [2.45, 2.75) is 38.5 Å². The summed E-state index contributed by atoms with van der Waals surface area (Å²) in [4.78, 5) is 25.8. The third kappa shape index (κ3) is 4.49. The molecule has 19 heavy (non-hydrogen) atoms. The van der Waals surface area contributed by atoms with Crippen molar-refractivity contribution in [2.24, 2.45) is 5.92 Å². The fraction of sp³-hybridized carbons (Fsp3) is 0.857. The van der Waals surface area contributed by atoms with Crippen LogP contribution >= 0.6 is 0 Å². The van der Waals surface area contributed by atoms with Crippen molar-refractivity contribution in [2.75, 3.05) is 32.7 Å². The molecule has 0 aromatic heterocycles. The number of hydrogen-bond donors (Lipinski definition) is 2. The standard InChI is InChI=1S/C14H25N3O2/c18-13(17-9-7-15-8-10-17)11-16-14(19)12-5-3-1-2-4-6-12/h12,15H,1-11H2,(H,16,19). The molecule has 2 fully saturated rings. The summed E-state index contributed by atoms with van der Waals surface area (Å²) >= 11 is 0. The van der Waals surface area contributed by atoms with E-state index in [4.69, 9.17) is 0 Å². The van der Waals surface area contributed by atoms with Crippen LogP contribution in [0, 0.1) is 5.92 Å². The van der Waals surface area contributed by atoms with Crippen LogP contribution in [0.3, 0.4) is 0 Å². The van der Waals surface area contributed by atoms with Gasteiger partial charge in [0.25, 0.3) is 0 Å². The summed E-state index contributed by atoms with van der Waals surface area (Å²) in [5, 5.41) is 6.04. The van der Waals surface area contributed by atoms with Gasteiger partial charge < -0.3 is 15.5 Å². The van der Waals surface area contributed by atoms with Crippen LogP contribution in [0.5, 0.6) is 0 Å². The molecule has 2 aliphatic rings. The average molecular weight is 267 g/mol. The minimum absolute atomic E-state index is 0.0449. The number of carbonyl (C=O) groups is 2. The molecule has 1 saturated carbocycles. The van der Waals surface area contributed by atoms with Gasteiger partial charge in [0.1, 0.15) is 0 Å². The summed E-state index contributed by atoms with van der Waals surface area (Å²) in [6.45, 7) is 3.36. The zero-order chi connectivity index (χ0) is 13.5. The molecule has 0 atom stereocenters. The van der Waals surface area contributed by atoms with Gasteiger partial charge in [0.05, 0.1) is 6.54 Å². The van der Waals surface area contributed by atoms with Crippen molar-refractivity contribution in [3.63, 3.8) is 0 Å². The minimum atomic E-state index is 0.0449. The molecule has 1 heterocycles. The number of nitrogens with one attached hydrogen (secondary N) is 2. The van der Waals surface area contributed by atoms with Crippen molar-refractivity contribution in [1.29, 1.82) is 0 Å². The monoisotopic (exact) mass is 267 g/mol. The molecule has 108 valence electrons. The molecule has 0 unspecified atom stereocenters. The summed E-state index contributed by atoms with van der Waals surface area (Å²) in [6.07, 6.45) is 6.72. The molecule has 5 nitrogen and oxygen atoms in total. The molecule has 1 saturated heterocycles. The second-order valence-electron chi connectivity index (χ2n) is 5.54. The Bertz CT molecular complexity index is 306. The van der Waals surface area contributed by atoms with Gasteiger partial charge in [0.2, 0.25) is 11.8 Å². The number of rotatable bonds is 3. The van der Waals surface area contributed by atoms with Crippen molar-refractivity contribution >= 4 is 11.8 Å². The lowest BCUT2D eigenvalue weighted by molar-refractivity contribution is -0.134. The topological polar surface area (TPSA) is 61.4 Å². The third-order valence-electron chi connectivity index (χ3n) is 4.11. The Morgan fingerprint density at radius 3 is 2.32 bits per heavy atom. The van der Waals surface area contributed by atoms with Crippen molar-refractivity contribution in [3.05, 3.63) is 0 Å². The Balaban J connectivity index is 1.71. The van der Waals surface area contributed by atoms with Gasteiger partial charge >= 0.3 is 0 Å². The largest absolute Gasteiger partial charge is 0.347 e. The van der Waals surface area contributed by atoms with E-state index in [1.165, 1.54) is 12.8 Å². The van der Waals surface area contributed by atoms with Crippen LogP contribution in [-0.4, -0.2) is 49.4 Å². The molecular weight excluding hydrogens is 242 g/mol. The number of amides is 2. The average Bonchev–Trinajstić information content (AvgIpc) is 2.74. The van der Waals surface area contributed by atoms with Crippen molar-refractivity contribution in [1.82, 2.24) is 15.5 Å². The summed E-state index contributed by atoms with van der Waals surface area (Å²) in [7, 11) is 0. The lowest BCUT2D eigenvalue weighted by atomic mass is 9.99. The molecule has 0 bridgehead atoms. The van der Waals surface area contributed by atoms with Crippen LogP contribution in [0.1, 0.15) is 38.5 Å². The predicted molar refractivity (Wildman–Crippen MR) is 73.7 cm³/mol. The Morgan fingerprint density at radius 1 is 1.05 bits per heavy atom. The molecule has 0 spiro atoms. The van der Waals surface area contributed by atoms with Crippen LogP contribution in [-0.2, 0) is 9.59 Å². The first-order chi connectivity index (χ1) is 9.27. The van der Waals surface area contributed by atoms with Gasteiger partial charge in [-0.2, -0.15) is 0 Å². The van der Waals surface area contributed by atoms with E-state index < -0.39 is 0 Å². The molecule has 0 aromatic rings. The van der Waals surface area contributed by atoms with Crippen LogP contribution in [0.25, 0.3) is 0 Å². The SMILES string of the molecule is O=C(NCC(=O)N1CCNCC1)C1CCCCCC1. The highest BCUT2D eigenvalue weighted by Crippen LogP contribution is 2.22. The van der Waals surface area contributed by atoms with E-state index in [-0.39, 0.29) is 24.3 Å². The van der Waals surface area contributed by atoms with Crippen molar-refractivity contribution in [3.8, 4) is 0 Å². The number of hydrogen-bond acceptors (Lipinski definition) is 3. The Hall–Kier alpha value is -1.10. The van der Waals surface area contributed by atoms with Crippen LogP contribution in [0.15, 0.2) is 0 Å². The fourth-order valence-corrected chi connectivity index (χ4v) is 2.87. The van der Waals surface area contributed by atoms with E-state index in [0.717, 1.165) is 51.9 Å². The smallest absolute Gasteiger partial charge is 0.242 e. The second-order valence-corrected chi connectivity index (χ2v) is 5.54. The van der Waals surface area contributed by atoms with E-state index in [1.807, 2.05) is 4.90 Å². The van der Waals surface area contributed by atoms with Crippen molar-refractivity contribution < 1.29 is 9.59 Å². The van der Waals surface area contributed by atoms with Crippen LogP contribution in [0.2, 0.25) is 0 Å². The fourth-order valence-electron chi connectivity index (χ4n) is 2.87. The molecular formula is C14H25N3O2. The lowest BCUT2D eigenvalue weighted by Crippen LogP contribution is -2.50. The predicted octanol–water partition coefficient (Wildman–Crippen LogP) is 0.505. The first-order valence-electron chi connectivity index (χ1n) is 7.53. The molecule has 5 heteroatoms. The highest BCUT2D eigenvalue weighted by Gasteiger charge is 2.22. The highest BCUT2D eigenvalue weighted by atomic mass is 16.2. The summed E-state index contributed by atoms with van der Waals surface area (Å²) in [5.41, 5.74) is 0. The molecule has 2 amide bonds. The van der Waals surface area contributed by atoms with Gasteiger partial charge in [-0.15, -0.1) is 0 Å². The van der Waals surface area contributed by atoms with E-state index >= 15 is 0 Å². The quantitative estimate of drug-likeness (QED) is 0.732. The molecule has 1 aliphatic heterocycles. The van der Waals surface area contributed by atoms with E-state index in [9.17, 15) is 9.59 Å². The minimum Gasteiger partial charge on any atom is -0.347 e. The van der Waals surface area contributed by atoms with Crippen LogP contribution in [0.4, 0.5) is 0 Å². The van der Waals surface area contributed by atoms with Crippen LogP contribution < -0.4 is 10.6 Å². The molecule has 2 N–H and O–H groups in total. The van der Waals surface area contributed by atoms with Gasteiger partial charge in [0.15, 0.2) is 0 Å². The van der Waals surface area contributed by atoms with Gasteiger partial charge in [-0.3, -0.25) is 9.59 Å². The number of nitrogens with zero attached hydrogens (tertiary/aromatic N) is 1. The summed E-state index contributed by atoms with van der Waals surface area (Å²) in [6, 6.07) is 0. The first kappa shape index (κ1) is 14.3. The van der Waals surface area contributed by atoms with Gasteiger partial charge in [-0.1, -0.05) is 25.7 Å². The zero-order valence-electron chi connectivity index (χ0n) is 11.6. The highest BCUT2D eigenvalue weighted by molar-refractivity contribution is 5.85. The summed E-state index contributed by atoms with van der Waals surface area (Å²) in [5.74, 6) is 0.243.